The molecule has 1 saturated heterocycles. The smallest absolute Gasteiger partial charge is 0.267 e. The van der Waals surface area contributed by atoms with E-state index in [-0.39, 0.29) is 11.5 Å². The molecule has 0 radical (unpaired) electrons. The third kappa shape index (κ3) is 3.59. The molecule has 1 aliphatic carbocycles. The Balaban J connectivity index is 1.76. The molecular formula is C19H28N2O2. The Morgan fingerprint density at radius 1 is 1.22 bits per heavy atom. The van der Waals surface area contributed by atoms with Gasteiger partial charge in [0.1, 0.15) is 0 Å². The minimum atomic E-state index is -0.456. The number of morpholine rings is 1. The fourth-order valence-corrected chi connectivity index (χ4v) is 3.88. The third-order valence-corrected chi connectivity index (χ3v) is 5.19. The fourth-order valence-electron chi connectivity index (χ4n) is 3.88. The molecule has 4 heteroatoms. The van der Waals surface area contributed by atoms with Crippen molar-refractivity contribution in [2.24, 2.45) is 0 Å². The van der Waals surface area contributed by atoms with Crippen molar-refractivity contribution in [3.63, 3.8) is 0 Å². The summed E-state index contributed by atoms with van der Waals surface area (Å²) in [4.78, 5) is 16.8. The van der Waals surface area contributed by atoms with Crippen LogP contribution in [0.5, 0.6) is 0 Å². The molecule has 2 aliphatic rings. The Morgan fingerprint density at radius 3 is 2.57 bits per heavy atom. The van der Waals surface area contributed by atoms with Gasteiger partial charge in [-0.05, 0) is 32.4 Å². The lowest BCUT2D eigenvalue weighted by Crippen LogP contribution is -2.62. The molecule has 4 nitrogen and oxygen atoms in total. The topological polar surface area (TPSA) is 32.8 Å². The van der Waals surface area contributed by atoms with Crippen molar-refractivity contribution in [2.75, 3.05) is 20.1 Å². The van der Waals surface area contributed by atoms with E-state index in [0.717, 1.165) is 32.5 Å². The number of nitrogens with zero attached hydrogens (tertiary/aromatic N) is 2. The monoisotopic (exact) mass is 316 g/mol. The van der Waals surface area contributed by atoms with E-state index < -0.39 is 6.23 Å². The van der Waals surface area contributed by atoms with Gasteiger partial charge in [0.2, 0.25) is 0 Å². The minimum Gasteiger partial charge on any atom is -0.345 e. The second-order valence-electron chi connectivity index (χ2n) is 6.97. The van der Waals surface area contributed by atoms with Crippen molar-refractivity contribution < 1.29 is 9.53 Å². The largest absolute Gasteiger partial charge is 0.345 e. The Kier molecular flexibility index (Phi) is 5.02. The van der Waals surface area contributed by atoms with Gasteiger partial charge >= 0.3 is 0 Å². The summed E-state index contributed by atoms with van der Waals surface area (Å²) in [5, 5.41) is 0. The summed E-state index contributed by atoms with van der Waals surface area (Å²) < 4.78 is 6.43. The normalized spacial score (nSPS) is 24.4. The lowest BCUT2D eigenvalue weighted by atomic mass is 9.83. The number of carbonyl (C=O) groups excluding carboxylic acids is 1. The third-order valence-electron chi connectivity index (χ3n) is 5.19. The average Bonchev–Trinajstić information content (AvgIpc) is 2.58. The van der Waals surface area contributed by atoms with Crippen LogP contribution in [0.3, 0.4) is 0 Å². The molecular weight excluding hydrogens is 288 g/mol. The molecule has 23 heavy (non-hydrogen) atoms. The van der Waals surface area contributed by atoms with Crippen molar-refractivity contribution in [3.05, 3.63) is 35.9 Å². The highest BCUT2D eigenvalue weighted by atomic mass is 16.5. The number of likely N-dealkylation sites (N-methyl/N-ethyl adjacent to an activating group) is 2. The van der Waals surface area contributed by atoms with Gasteiger partial charge in [0, 0.05) is 19.6 Å². The first-order valence-electron chi connectivity index (χ1n) is 8.84. The summed E-state index contributed by atoms with van der Waals surface area (Å²) in [7, 11) is 1.99. The molecule has 1 heterocycles. The highest BCUT2D eigenvalue weighted by Gasteiger charge is 2.46. The molecule has 1 aromatic rings. The maximum absolute atomic E-state index is 12.8. The van der Waals surface area contributed by atoms with Crippen LogP contribution < -0.4 is 0 Å². The van der Waals surface area contributed by atoms with Gasteiger partial charge in [-0.3, -0.25) is 9.69 Å². The summed E-state index contributed by atoms with van der Waals surface area (Å²) >= 11 is 0. The molecule has 1 unspecified atom stereocenters. The zero-order valence-corrected chi connectivity index (χ0v) is 14.3. The molecule has 1 spiro atoms. The first-order valence-corrected chi connectivity index (χ1v) is 8.84. The molecule has 3 rings (SSSR count). The molecule has 2 fully saturated rings. The second-order valence-corrected chi connectivity index (χ2v) is 6.97. The van der Waals surface area contributed by atoms with E-state index >= 15 is 0 Å². The standard InChI is InChI=1S/C19H28N2O2/c1-3-21-15-19(12-8-5-9-13-19)23-18(17(21)22)20(2)14-16-10-6-4-7-11-16/h4,6-7,10-11,18H,3,5,8-9,12-15H2,1-2H3. The van der Waals surface area contributed by atoms with Crippen LogP contribution in [0.2, 0.25) is 0 Å². The minimum absolute atomic E-state index is 0.113. The van der Waals surface area contributed by atoms with Crippen LogP contribution in [0.15, 0.2) is 30.3 Å². The molecule has 1 saturated carbocycles. The molecule has 126 valence electrons. The van der Waals surface area contributed by atoms with Crippen molar-refractivity contribution in [1.82, 2.24) is 9.80 Å². The first-order chi connectivity index (χ1) is 11.1. The van der Waals surface area contributed by atoms with Crippen LogP contribution >= 0.6 is 0 Å². The summed E-state index contributed by atoms with van der Waals surface area (Å²) in [6.07, 6.45) is 5.40. The van der Waals surface area contributed by atoms with E-state index in [9.17, 15) is 4.79 Å². The molecule has 0 bridgehead atoms. The van der Waals surface area contributed by atoms with E-state index in [1.54, 1.807) is 0 Å². The van der Waals surface area contributed by atoms with Crippen LogP contribution in [-0.4, -0.2) is 47.7 Å². The van der Waals surface area contributed by atoms with Crippen LogP contribution in [0.4, 0.5) is 0 Å². The molecule has 1 amide bonds. The highest BCUT2D eigenvalue weighted by molar-refractivity contribution is 5.81. The van der Waals surface area contributed by atoms with Gasteiger partial charge in [0.15, 0.2) is 6.23 Å². The summed E-state index contributed by atoms with van der Waals surface area (Å²) in [6.45, 7) is 4.32. The van der Waals surface area contributed by atoms with Gasteiger partial charge in [0.05, 0.1) is 5.60 Å². The number of hydrogen-bond acceptors (Lipinski definition) is 3. The second kappa shape index (κ2) is 7.02. The molecule has 1 aromatic carbocycles. The Hall–Kier alpha value is -1.39. The van der Waals surface area contributed by atoms with E-state index in [0.29, 0.717) is 0 Å². The van der Waals surface area contributed by atoms with Gasteiger partial charge in [-0.1, -0.05) is 49.6 Å². The maximum Gasteiger partial charge on any atom is 0.267 e. The number of benzene rings is 1. The highest BCUT2D eigenvalue weighted by Crippen LogP contribution is 2.37. The van der Waals surface area contributed by atoms with Gasteiger partial charge in [0.25, 0.3) is 5.91 Å². The van der Waals surface area contributed by atoms with E-state index in [4.69, 9.17) is 4.74 Å². The molecule has 0 N–H and O–H groups in total. The predicted molar refractivity (Wildman–Crippen MR) is 90.9 cm³/mol. The number of carbonyl (C=O) groups is 1. The summed E-state index contributed by atoms with van der Waals surface area (Å²) in [5.41, 5.74) is 1.08. The SMILES string of the molecule is CCN1CC2(CCCCC2)OC(N(C)Cc2ccccc2)C1=O. The Labute approximate surface area is 139 Å². The zero-order valence-electron chi connectivity index (χ0n) is 14.3. The molecule has 0 aromatic heterocycles. The summed E-state index contributed by atoms with van der Waals surface area (Å²) in [6, 6.07) is 10.3. The van der Waals surface area contributed by atoms with Crippen molar-refractivity contribution in [3.8, 4) is 0 Å². The average molecular weight is 316 g/mol. The Morgan fingerprint density at radius 2 is 1.91 bits per heavy atom. The number of hydrogen-bond donors (Lipinski definition) is 0. The quantitative estimate of drug-likeness (QED) is 0.856. The Bertz CT molecular complexity index is 525. The van der Waals surface area contributed by atoms with Crippen LogP contribution in [-0.2, 0) is 16.1 Å². The van der Waals surface area contributed by atoms with Crippen molar-refractivity contribution in [2.45, 2.75) is 57.4 Å². The van der Waals surface area contributed by atoms with Gasteiger partial charge in [-0.15, -0.1) is 0 Å². The summed E-state index contributed by atoms with van der Waals surface area (Å²) in [5.74, 6) is 0.113. The zero-order chi connectivity index (χ0) is 16.3. The van der Waals surface area contributed by atoms with Gasteiger partial charge < -0.3 is 9.64 Å². The van der Waals surface area contributed by atoms with Crippen molar-refractivity contribution >= 4 is 5.91 Å². The fraction of sp³-hybridized carbons (Fsp3) is 0.632. The molecule has 1 atom stereocenters. The number of ether oxygens (including phenoxy) is 1. The predicted octanol–water partition coefficient (Wildman–Crippen LogP) is 3.03. The van der Waals surface area contributed by atoms with E-state index in [1.165, 1.54) is 24.8 Å². The van der Waals surface area contributed by atoms with Crippen LogP contribution in [0, 0.1) is 0 Å². The maximum atomic E-state index is 12.8. The van der Waals surface area contributed by atoms with Crippen molar-refractivity contribution in [1.29, 1.82) is 0 Å². The van der Waals surface area contributed by atoms with Crippen LogP contribution in [0.1, 0.15) is 44.6 Å². The number of amides is 1. The van der Waals surface area contributed by atoms with Gasteiger partial charge in [-0.25, -0.2) is 0 Å². The first kappa shape index (κ1) is 16.5. The lowest BCUT2D eigenvalue weighted by Gasteiger charge is -2.49. The van der Waals surface area contributed by atoms with E-state index in [2.05, 4.69) is 24.0 Å². The van der Waals surface area contributed by atoms with E-state index in [1.807, 2.05) is 30.1 Å². The lowest BCUT2D eigenvalue weighted by molar-refractivity contribution is -0.216. The van der Waals surface area contributed by atoms with Crippen LogP contribution in [0.25, 0.3) is 0 Å². The van der Waals surface area contributed by atoms with Gasteiger partial charge in [-0.2, -0.15) is 0 Å². The number of rotatable bonds is 4. The molecule has 1 aliphatic heterocycles.